The zero-order valence-corrected chi connectivity index (χ0v) is 55.8. The number of anilines is 2. The van der Waals surface area contributed by atoms with Crippen LogP contribution in [0.4, 0.5) is 46.9 Å². The highest BCUT2D eigenvalue weighted by atomic mass is 19.4. The van der Waals surface area contributed by atoms with Crippen molar-refractivity contribution < 1.29 is 68.9 Å². The number of rotatable bonds is 27. The monoisotopic (exact) mass is 1360 g/mol. The highest BCUT2D eigenvalue weighted by molar-refractivity contribution is 5.95. The molecule has 3 fully saturated rings. The first-order valence-corrected chi connectivity index (χ1v) is 33.8. The number of fused-ring (bicyclic) bond motifs is 2. The van der Waals surface area contributed by atoms with Crippen molar-refractivity contribution >= 4 is 41.1 Å². The van der Waals surface area contributed by atoms with Gasteiger partial charge in [0.2, 0.25) is 11.8 Å². The Morgan fingerprint density at radius 1 is 0.643 bits per heavy atom. The molecule has 0 bridgehead atoms. The van der Waals surface area contributed by atoms with Crippen molar-refractivity contribution in [1.29, 1.82) is 0 Å². The lowest BCUT2D eigenvalue weighted by molar-refractivity contribution is -0.143. The molecular weight excluding hydrogens is 1270 g/mol. The molecule has 10 rings (SSSR count). The summed E-state index contributed by atoms with van der Waals surface area (Å²) in [4.78, 5) is 77.4. The summed E-state index contributed by atoms with van der Waals surface area (Å²) >= 11 is 0. The molecule has 98 heavy (non-hydrogen) atoms. The molecule has 2 atom stereocenters. The third kappa shape index (κ3) is 18.5. The van der Waals surface area contributed by atoms with Crippen LogP contribution in [0.15, 0.2) is 146 Å². The summed E-state index contributed by atoms with van der Waals surface area (Å²) < 4.78 is 116. The molecule has 4 aliphatic rings. The third-order valence-corrected chi connectivity index (χ3v) is 19.8. The van der Waals surface area contributed by atoms with E-state index in [9.17, 15) is 54.7 Å². The number of likely N-dealkylation sites (N-methyl/N-ethyl adjacent to an activating group) is 2. The summed E-state index contributed by atoms with van der Waals surface area (Å²) in [6, 6.07) is 39.4. The van der Waals surface area contributed by atoms with Gasteiger partial charge in [-0.15, -0.1) is 0 Å². The van der Waals surface area contributed by atoms with Gasteiger partial charge in [0.25, 0.3) is 11.8 Å². The van der Waals surface area contributed by atoms with Crippen LogP contribution in [0.1, 0.15) is 119 Å². The maximum absolute atomic E-state index is 14.2. The number of carbonyl (C=O) groups excluding carboxylic acids is 5. The van der Waals surface area contributed by atoms with Gasteiger partial charge in [-0.2, -0.15) is 26.3 Å². The molecule has 0 radical (unpaired) electrons. The van der Waals surface area contributed by atoms with Gasteiger partial charge in [0.05, 0.1) is 29.5 Å². The summed E-state index contributed by atoms with van der Waals surface area (Å²) in [5.74, 6) is -1.75. The Kier molecular flexibility index (Phi) is 24.0. The van der Waals surface area contributed by atoms with Crippen molar-refractivity contribution in [1.82, 2.24) is 29.4 Å². The quantitative estimate of drug-likeness (QED) is 0.0374. The second-order valence-electron chi connectivity index (χ2n) is 26.3. The topological polar surface area (TPSA) is 157 Å². The van der Waals surface area contributed by atoms with Gasteiger partial charge < -0.3 is 48.9 Å². The largest absolute Gasteiger partial charge is 0.446 e. The Labute approximate surface area is 568 Å². The van der Waals surface area contributed by atoms with Gasteiger partial charge >= 0.3 is 18.4 Å². The number of nitrogens with one attached hydrogen (secondary N) is 2. The Bertz CT molecular complexity index is 3650. The van der Waals surface area contributed by atoms with Crippen LogP contribution in [0.5, 0.6) is 0 Å². The van der Waals surface area contributed by atoms with Crippen molar-refractivity contribution in [2.24, 2.45) is 0 Å². The lowest BCUT2D eigenvalue weighted by Crippen LogP contribution is -2.50. The second-order valence-corrected chi connectivity index (χ2v) is 26.3. The summed E-state index contributed by atoms with van der Waals surface area (Å²) in [6.45, 7) is 5.55. The van der Waals surface area contributed by atoms with E-state index in [0.29, 0.717) is 107 Å². The molecule has 524 valence electrons. The van der Waals surface area contributed by atoms with Gasteiger partial charge in [0.1, 0.15) is 30.9 Å². The van der Waals surface area contributed by atoms with E-state index < -0.39 is 64.6 Å². The van der Waals surface area contributed by atoms with E-state index in [0.717, 1.165) is 85.6 Å². The first kappa shape index (κ1) is 72.4. The van der Waals surface area contributed by atoms with Crippen LogP contribution in [0.25, 0.3) is 11.1 Å². The molecule has 3 heterocycles. The van der Waals surface area contributed by atoms with Crippen LogP contribution in [0, 0.1) is 5.82 Å². The summed E-state index contributed by atoms with van der Waals surface area (Å²) in [5, 5.41) is 6.35. The maximum Gasteiger partial charge on any atom is 0.416 e. The average molecular weight is 1360 g/mol. The van der Waals surface area contributed by atoms with E-state index in [4.69, 9.17) is 14.2 Å². The normalized spacial score (nSPS) is 18.1. The minimum atomic E-state index is -5.15. The predicted molar refractivity (Wildman–Crippen MR) is 360 cm³/mol. The first-order chi connectivity index (χ1) is 47.0. The van der Waals surface area contributed by atoms with Gasteiger partial charge in [0, 0.05) is 108 Å². The lowest BCUT2D eigenvalue weighted by atomic mass is 9.72. The Hall–Kier alpha value is -8.38. The Morgan fingerprint density at radius 2 is 1.28 bits per heavy atom. The minimum absolute atomic E-state index is 0.0270. The number of amides is 5. The fourth-order valence-corrected chi connectivity index (χ4v) is 13.9. The van der Waals surface area contributed by atoms with E-state index in [2.05, 4.69) is 32.6 Å². The number of unbranched alkanes of at least 4 members (excludes halogenated alkanes) is 3. The molecular formula is C75H87F7N8O8. The molecule has 3 aliphatic heterocycles. The zero-order valence-electron chi connectivity index (χ0n) is 55.8. The SMILES string of the molecule is CN(CCN1CCC(OC(=O)Nc2ccccc2-c2ccccc2)CC1)C(=O)CCCCCNc1ccc(C(=O)N(C)CCCCN(C)C(=O)CO[C@H]2Cc3ccccc3C23CCN(CC[C@@]2(c4ccc(F)cc4)CN(C(=O)c4cc(C(F)(F)F)cc(C(F)(F)F)c4)CO2)CC3)cc1. The van der Waals surface area contributed by atoms with Gasteiger partial charge in [0.15, 0.2) is 0 Å². The highest BCUT2D eigenvalue weighted by Crippen LogP contribution is 2.49. The molecule has 6 aromatic rings. The molecule has 3 saturated heterocycles. The standard InChI is InChI=1S/C75H87F7N8O8/c1-85(37-14-15-38-87(3)69(93)54-23-29-61(30-24-54)83-36-13-5-8-22-67(91)86(2)44-45-88-39-31-62(32-40-88)98-71(95)84-65-21-12-10-19-63(65)53-16-6-4-7-17-53)68(92)50-96-66-48-55-18-9-11-20-64(55)72(66)33-41-89(42-34-72)43-35-73(57-25-27-60(76)28-26-57)51-90(52-97-73)70(94)56-46-58(74(77,78)79)49-59(47-56)75(80,81)82/h4,6-7,9-12,16-21,23-30,46-47,49,62,66,83H,5,8,13-15,22,31-45,48,50-52H2,1-3H3,(H,84,95)/t66-,73-/m0/s1. The predicted octanol–water partition coefficient (Wildman–Crippen LogP) is 13.4. The van der Waals surface area contributed by atoms with Crippen LogP contribution in [-0.2, 0) is 53.6 Å². The number of nitrogens with zero attached hydrogens (tertiary/aromatic N) is 6. The summed E-state index contributed by atoms with van der Waals surface area (Å²) in [5.41, 5.74) is 1.27. The molecule has 1 spiro atoms. The third-order valence-electron chi connectivity index (χ3n) is 19.8. The van der Waals surface area contributed by atoms with E-state index in [1.165, 1.54) is 29.8 Å². The number of alkyl halides is 6. The smallest absolute Gasteiger partial charge is 0.416 e. The molecule has 6 aromatic carbocycles. The van der Waals surface area contributed by atoms with Crippen LogP contribution >= 0.6 is 0 Å². The number of piperidine rings is 2. The van der Waals surface area contributed by atoms with Gasteiger partial charge in [-0.3, -0.25) is 24.5 Å². The van der Waals surface area contributed by atoms with Crippen molar-refractivity contribution in [2.45, 2.75) is 113 Å². The molecule has 2 N–H and O–H groups in total. The maximum atomic E-state index is 14.2. The number of ether oxygens (including phenoxy) is 3. The molecule has 16 nitrogen and oxygen atoms in total. The number of hydrogen-bond acceptors (Lipinski definition) is 11. The summed E-state index contributed by atoms with van der Waals surface area (Å²) in [6.07, 6.45) is -3.13. The highest BCUT2D eigenvalue weighted by Gasteiger charge is 2.50. The van der Waals surface area contributed by atoms with Gasteiger partial charge in [-0.1, -0.05) is 91.3 Å². The van der Waals surface area contributed by atoms with Crippen LogP contribution in [0.3, 0.4) is 0 Å². The Balaban J connectivity index is 0.595. The van der Waals surface area contributed by atoms with Crippen LogP contribution in [0.2, 0.25) is 0 Å². The van der Waals surface area contributed by atoms with Gasteiger partial charge in [-0.05, 0) is 160 Å². The van der Waals surface area contributed by atoms with Crippen LogP contribution < -0.4 is 10.6 Å². The molecule has 0 unspecified atom stereocenters. The van der Waals surface area contributed by atoms with Crippen molar-refractivity contribution in [3.05, 3.63) is 190 Å². The molecule has 1 aliphatic carbocycles. The summed E-state index contributed by atoms with van der Waals surface area (Å²) in [7, 11) is 5.36. The molecule has 23 heteroatoms. The average Bonchev–Trinajstić information content (AvgIpc) is 1.60. The number of carbonyl (C=O) groups is 5. The van der Waals surface area contributed by atoms with E-state index in [-0.39, 0.29) is 55.6 Å². The molecule has 0 saturated carbocycles. The fraction of sp³-hybridized carbons (Fsp3) is 0.453. The number of para-hydroxylation sites is 1. The van der Waals surface area contributed by atoms with Crippen molar-refractivity contribution in [2.75, 3.05) is 117 Å². The zero-order chi connectivity index (χ0) is 69.6. The molecule has 5 amide bonds. The van der Waals surface area contributed by atoms with E-state index in [1.807, 2.05) is 98.0 Å². The lowest BCUT2D eigenvalue weighted by Gasteiger charge is -2.44. The molecule has 0 aromatic heterocycles. The number of halogens is 7. The van der Waals surface area contributed by atoms with E-state index in [1.54, 1.807) is 28.8 Å². The number of benzene rings is 6. The minimum Gasteiger partial charge on any atom is -0.446 e. The van der Waals surface area contributed by atoms with Crippen molar-refractivity contribution in [3.8, 4) is 11.1 Å². The fourth-order valence-electron chi connectivity index (χ4n) is 13.9. The Morgan fingerprint density at radius 3 is 1.97 bits per heavy atom. The van der Waals surface area contributed by atoms with Crippen LogP contribution in [-0.4, -0.2) is 178 Å². The van der Waals surface area contributed by atoms with Crippen molar-refractivity contribution in [3.63, 3.8) is 0 Å². The van der Waals surface area contributed by atoms with E-state index >= 15 is 0 Å². The number of hydrogen-bond donors (Lipinski definition) is 2. The first-order valence-electron chi connectivity index (χ1n) is 33.8. The van der Waals surface area contributed by atoms with Gasteiger partial charge in [-0.25, -0.2) is 9.18 Å². The number of likely N-dealkylation sites (tertiary alicyclic amines) is 2. The second kappa shape index (κ2) is 32.5.